The molecule has 5 aromatic carbocycles. The summed E-state index contributed by atoms with van der Waals surface area (Å²) in [5.41, 5.74) is 9.50. The smallest absolute Gasteiger partial charge is 0.187 e. The van der Waals surface area contributed by atoms with Crippen molar-refractivity contribution in [1.29, 1.82) is 10.5 Å². The van der Waals surface area contributed by atoms with Crippen LogP contribution >= 0.6 is 0 Å². The van der Waals surface area contributed by atoms with E-state index in [9.17, 15) is 10.5 Å². The number of aromatic nitrogens is 5. The zero-order chi connectivity index (χ0) is 34.9. The van der Waals surface area contributed by atoms with Crippen LogP contribution in [0, 0.1) is 35.8 Å². The van der Waals surface area contributed by atoms with Gasteiger partial charge in [-0.05, 0) is 64.7 Å². The summed E-state index contributed by atoms with van der Waals surface area (Å²) < 4.78 is 2.18. The topological polar surface area (TPSA) is 113 Å². The molecule has 9 nitrogen and oxygen atoms in total. The fraction of sp³-hybridized carbons (Fsp3) is 0. The van der Waals surface area contributed by atoms with Gasteiger partial charge in [0.1, 0.15) is 12.1 Å². The second-order valence-corrected chi connectivity index (χ2v) is 11.7. The largest absolute Gasteiger partial charge is 0.308 e. The molecule has 0 radical (unpaired) electrons. The van der Waals surface area contributed by atoms with Crippen LogP contribution in [-0.2, 0) is 0 Å². The summed E-state index contributed by atoms with van der Waals surface area (Å²) in [6.45, 7) is 15.1. The van der Waals surface area contributed by atoms with Crippen molar-refractivity contribution < 1.29 is 0 Å². The van der Waals surface area contributed by atoms with Gasteiger partial charge in [-0.25, -0.2) is 29.6 Å². The Morgan fingerprint density at radius 3 is 1.47 bits per heavy atom. The predicted molar refractivity (Wildman–Crippen MR) is 196 cm³/mol. The number of benzene rings is 5. The Kier molecular flexibility index (Phi) is 7.48. The summed E-state index contributed by atoms with van der Waals surface area (Å²) in [5.74, 6) is 0.831. The molecule has 9 heteroatoms. The lowest BCUT2D eigenvalue weighted by molar-refractivity contribution is 1.12. The molecule has 0 unspecified atom stereocenters. The average Bonchev–Trinajstić information content (AvgIpc) is 3.53. The lowest BCUT2D eigenvalue weighted by Crippen LogP contribution is -2.01. The zero-order valence-electron chi connectivity index (χ0n) is 26.6. The minimum Gasteiger partial charge on any atom is -0.308 e. The van der Waals surface area contributed by atoms with Gasteiger partial charge in [0.25, 0.3) is 0 Å². The molecule has 3 aromatic heterocycles. The summed E-state index contributed by atoms with van der Waals surface area (Å²) in [5, 5.41) is 20.8. The molecule has 0 spiro atoms. The van der Waals surface area contributed by atoms with Crippen molar-refractivity contribution >= 4 is 33.2 Å². The van der Waals surface area contributed by atoms with E-state index in [1.807, 2.05) is 54.6 Å². The molecule has 51 heavy (non-hydrogen) atoms. The predicted octanol–water partition coefficient (Wildman–Crippen LogP) is 9.88. The van der Waals surface area contributed by atoms with Crippen LogP contribution in [-0.4, -0.2) is 24.5 Å². The summed E-state index contributed by atoms with van der Waals surface area (Å²) in [6, 6.07) is 37.7. The molecule has 0 aliphatic heterocycles. The Labute approximate surface area is 292 Å². The third kappa shape index (κ3) is 5.46. The lowest BCUT2D eigenvalue weighted by Gasteiger charge is -2.15. The summed E-state index contributed by atoms with van der Waals surface area (Å²) in [7, 11) is 0. The van der Waals surface area contributed by atoms with Crippen molar-refractivity contribution in [2.24, 2.45) is 0 Å². The average molecular weight is 652 g/mol. The van der Waals surface area contributed by atoms with Crippen LogP contribution in [0.5, 0.6) is 0 Å². The van der Waals surface area contributed by atoms with Crippen molar-refractivity contribution in [3.63, 3.8) is 0 Å². The summed E-state index contributed by atoms with van der Waals surface area (Å²) in [4.78, 5) is 25.3. The van der Waals surface area contributed by atoms with Gasteiger partial charge in [0, 0.05) is 46.7 Å². The van der Waals surface area contributed by atoms with Crippen molar-refractivity contribution in [2.45, 2.75) is 0 Å². The maximum atomic E-state index is 9.48. The molecule has 0 saturated heterocycles. The van der Waals surface area contributed by atoms with Gasteiger partial charge in [-0.2, -0.15) is 10.5 Å². The SMILES string of the molecule is [C-]#[N+]c1cccc(-c2ccc3c4ccc(-c5cccc([N+]#[C-])c5)cc4n(-c4ccc(-c5ncc(C#N)cn5)cc4-c4ncc(C#N)cn4)c3c2)c1. The van der Waals surface area contributed by atoms with E-state index in [0.29, 0.717) is 45.3 Å². The molecule has 0 amide bonds. The standard InChI is InChI=1S/C42H21N9/c1-45-33-7-3-5-28(15-33)30-9-12-35-36-13-10-31(29-6-4-8-34(16-29)46-2)19-40(36)51(39(35)18-30)38-14-11-32(41-47-22-26(20-43)23-48-41)17-37(38)42-49-24-27(21-44)25-50-42/h3-19,22-25H. The van der Waals surface area contributed by atoms with E-state index in [0.717, 1.165) is 49.7 Å². The Balaban J connectivity index is 1.44. The Morgan fingerprint density at radius 1 is 0.510 bits per heavy atom. The molecule has 0 aliphatic rings. The van der Waals surface area contributed by atoms with Crippen molar-refractivity contribution in [3.05, 3.63) is 162 Å². The summed E-state index contributed by atoms with van der Waals surface area (Å²) >= 11 is 0. The van der Waals surface area contributed by atoms with E-state index >= 15 is 0 Å². The highest BCUT2D eigenvalue weighted by molar-refractivity contribution is 6.11. The molecule has 0 saturated carbocycles. The number of nitriles is 2. The highest BCUT2D eigenvalue weighted by Crippen LogP contribution is 2.40. The highest BCUT2D eigenvalue weighted by Gasteiger charge is 2.20. The van der Waals surface area contributed by atoms with Crippen molar-refractivity contribution in [1.82, 2.24) is 24.5 Å². The van der Waals surface area contributed by atoms with Gasteiger partial charge in [-0.1, -0.05) is 60.7 Å². The van der Waals surface area contributed by atoms with Crippen LogP contribution in [0.15, 0.2) is 128 Å². The molecule has 234 valence electrons. The fourth-order valence-electron chi connectivity index (χ4n) is 6.26. The van der Waals surface area contributed by atoms with Crippen LogP contribution in [0.1, 0.15) is 11.1 Å². The van der Waals surface area contributed by atoms with Gasteiger partial charge in [0.2, 0.25) is 0 Å². The first kappa shape index (κ1) is 30.4. The normalized spacial score (nSPS) is 10.7. The van der Waals surface area contributed by atoms with E-state index < -0.39 is 0 Å². The van der Waals surface area contributed by atoms with Gasteiger partial charge < -0.3 is 4.57 Å². The fourth-order valence-corrected chi connectivity index (χ4v) is 6.26. The van der Waals surface area contributed by atoms with Gasteiger partial charge in [0.15, 0.2) is 23.0 Å². The first-order valence-electron chi connectivity index (χ1n) is 15.7. The van der Waals surface area contributed by atoms with Gasteiger partial charge in [-0.3, -0.25) is 0 Å². The Bertz CT molecular complexity index is 2730. The van der Waals surface area contributed by atoms with Crippen LogP contribution in [0.25, 0.3) is 82.2 Å². The van der Waals surface area contributed by atoms with Gasteiger partial charge in [-0.15, -0.1) is 0 Å². The van der Waals surface area contributed by atoms with E-state index in [4.69, 9.17) is 13.1 Å². The molecule has 0 atom stereocenters. The molecule has 0 fully saturated rings. The van der Waals surface area contributed by atoms with Gasteiger partial charge in [0.05, 0.1) is 41.0 Å². The van der Waals surface area contributed by atoms with Crippen molar-refractivity contribution in [3.8, 4) is 62.9 Å². The van der Waals surface area contributed by atoms with E-state index in [1.165, 1.54) is 24.8 Å². The minimum absolute atomic E-state index is 0.335. The van der Waals surface area contributed by atoms with Crippen LogP contribution in [0.3, 0.4) is 0 Å². The number of nitrogens with zero attached hydrogens (tertiary/aromatic N) is 9. The van der Waals surface area contributed by atoms with E-state index in [-0.39, 0.29) is 0 Å². The monoisotopic (exact) mass is 651 g/mol. The van der Waals surface area contributed by atoms with E-state index in [2.05, 4.69) is 82.7 Å². The second-order valence-electron chi connectivity index (χ2n) is 11.7. The number of rotatable bonds is 5. The quantitative estimate of drug-likeness (QED) is 0.171. The third-order valence-corrected chi connectivity index (χ3v) is 8.68. The van der Waals surface area contributed by atoms with Crippen LogP contribution in [0.2, 0.25) is 0 Å². The van der Waals surface area contributed by atoms with Crippen LogP contribution in [0.4, 0.5) is 11.4 Å². The lowest BCUT2D eigenvalue weighted by atomic mass is 10.0. The maximum absolute atomic E-state index is 9.48. The molecule has 8 aromatic rings. The first-order chi connectivity index (χ1) is 25.1. The van der Waals surface area contributed by atoms with E-state index in [1.54, 1.807) is 12.1 Å². The first-order valence-corrected chi connectivity index (χ1v) is 15.7. The summed E-state index contributed by atoms with van der Waals surface area (Å²) in [6.07, 6.45) is 5.95. The Hall–Kier alpha value is -7.98. The second kappa shape index (κ2) is 12.6. The number of hydrogen-bond donors (Lipinski definition) is 0. The Morgan fingerprint density at radius 2 is 0.980 bits per heavy atom. The molecule has 0 aliphatic carbocycles. The molecule has 8 rings (SSSR count). The minimum atomic E-state index is 0.335. The third-order valence-electron chi connectivity index (χ3n) is 8.68. The highest BCUT2D eigenvalue weighted by atomic mass is 15.0. The number of fused-ring (bicyclic) bond motifs is 3. The maximum Gasteiger partial charge on any atom is 0.187 e. The molecule has 0 N–H and O–H groups in total. The van der Waals surface area contributed by atoms with Crippen molar-refractivity contribution in [2.75, 3.05) is 0 Å². The molecule has 0 bridgehead atoms. The van der Waals surface area contributed by atoms with Gasteiger partial charge >= 0.3 is 0 Å². The zero-order valence-corrected chi connectivity index (χ0v) is 26.6. The van der Waals surface area contributed by atoms with Crippen LogP contribution < -0.4 is 0 Å². The number of hydrogen-bond acceptors (Lipinski definition) is 6. The molecule has 3 heterocycles. The molecular formula is C42H21N9. The molecular weight excluding hydrogens is 631 g/mol.